The molecule has 0 aliphatic carbocycles. The van der Waals surface area contributed by atoms with E-state index in [0.29, 0.717) is 18.8 Å². The molecule has 1 N–H and O–H groups in total. The van der Waals surface area contributed by atoms with Crippen LogP contribution >= 0.6 is 0 Å². The van der Waals surface area contributed by atoms with Crippen molar-refractivity contribution in [2.45, 2.75) is 38.4 Å². The summed E-state index contributed by atoms with van der Waals surface area (Å²) in [5, 5.41) is 10.2. The molecule has 0 aromatic heterocycles. The fourth-order valence-electron chi connectivity index (χ4n) is 2.32. The number of ether oxygens (including phenoxy) is 4. The van der Waals surface area contributed by atoms with Crippen LogP contribution in [-0.2, 0) is 18.9 Å². The van der Waals surface area contributed by atoms with Gasteiger partial charge in [0.15, 0.2) is 6.29 Å². The number of aliphatic hydroxyl groups excluding tert-OH is 1. The zero-order valence-electron chi connectivity index (χ0n) is 12.8. The first-order valence-electron chi connectivity index (χ1n) is 7.46. The van der Waals surface area contributed by atoms with Gasteiger partial charge < -0.3 is 24.1 Å². The monoisotopic (exact) mass is 310 g/mol. The number of carbonyl (C=O) groups is 1. The Bertz CT molecular complexity index is 463. The summed E-state index contributed by atoms with van der Waals surface area (Å²) < 4.78 is 21.7. The first kappa shape index (κ1) is 16.9. The van der Waals surface area contributed by atoms with Crippen molar-refractivity contribution in [1.82, 2.24) is 0 Å². The summed E-state index contributed by atoms with van der Waals surface area (Å²) in [6.07, 6.45) is -2.80. The molecule has 22 heavy (non-hydrogen) atoms. The molecule has 1 aromatic carbocycles. The lowest BCUT2D eigenvalue weighted by molar-refractivity contribution is -0.176. The molecule has 122 valence electrons. The van der Waals surface area contributed by atoms with Gasteiger partial charge in [0, 0.05) is 13.2 Å². The van der Waals surface area contributed by atoms with Crippen LogP contribution in [0.3, 0.4) is 0 Å². The van der Waals surface area contributed by atoms with Crippen molar-refractivity contribution >= 4 is 5.97 Å². The number of carbonyl (C=O) groups excluding carboxylic acids is 1. The molecule has 1 fully saturated rings. The lowest BCUT2D eigenvalue weighted by Crippen LogP contribution is -2.37. The minimum atomic E-state index is -0.903. The maximum absolute atomic E-state index is 11.9. The predicted molar refractivity (Wildman–Crippen MR) is 78.4 cm³/mol. The third-order valence-corrected chi connectivity index (χ3v) is 3.37. The van der Waals surface area contributed by atoms with E-state index in [1.54, 1.807) is 24.3 Å². The Morgan fingerprint density at radius 3 is 2.50 bits per heavy atom. The summed E-state index contributed by atoms with van der Waals surface area (Å²) in [6.45, 7) is 4.49. The van der Waals surface area contributed by atoms with E-state index in [1.165, 1.54) is 0 Å². The quantitative estimate of drug-likeness (QED) is 0.767. The van der Waals surface area contributed by atoms with Crippen LogP contribution in [-0.4, -0.2) is 55.5 Å². The molecule has 4 atom stereocenters. The van der Waals surface area contributed by atoms with E-state index in [0.717, 1.165) is 0 Å². The normalized spacial score (nSPS) is 27.8. The fraction of sp³-hybridized carbons (Fsp3) is 0.562. The van der Waals surface area contributed by atoms with Gasteiger partial charge in [-0.25, -0.2) is 4.79 Å². The molecule has 0 amide bonds. The molecule has 0 radical (unpaired) electrons. The van der Waals surface area contributed by atoms with Crippen molar-refractivity contribution < 1.29 is 28.8 Å². The minimum absolute atomic E-state index is 0.0535. The summed E-state index contributed by atoms with van der Waals surface area (Å²) in [6, 6.07) is 8.67. The van der Waals surface area contributed by atoms with Crippen molar-refractivity contribution in [1.29, 1.82) is 0 Å². The van der Waals surface area contributed by atoms with Crippen molar-refractivity contribution in [2.75, 3.05) is 19.8 Å². The molecule has 4 unspecified atom stereocenters. The van der Waals surface area contributed by atoms with Gasteiger partial charge in [-0.05, 0) is 26.0 Å². The highest BCUT2D eigenvalue weighted by atomic mass is 16.7. The van der Waals surface area contributed by atoms with E-state index in [1.807, 2.05) is 19.9 Å². The standard InChI is InChI=1S/C16H22O6/c1-3-19-14-13(17)12(22-16(14)20-4-2)10-21-15(18)11-8-6-5-7-9-11/h5-9,12-14,16-17H,3-4,10H2,1-2H3. The Kier molecular flexibility index (Phi) is 6.33. The SMILES string of the molecule is CCOC1OC(COC(=O)c2ccccc2)C(O)C1OCC. The highest BCUT2D eigenvalue weighted by Gasteiger charge is 2.45. The zero-order valence-corrected chi connectivity index (χ0v) is 12.8. The first-order valence-corrected chi connectivity index (χ1v) is 7.46. The van der Waals surface area contributed by atoms with Gasteiger partial charge in [0.05, 0.1) is 5.56 Å². The lowest BCUT2D eigenvalue weighted by atomic mass is 10.1. The van der Waals surface area contributed by atoms with Gasteiger partial charge in [0.1, 0.15) is 24.9 Å². The van der Waals surface area contributed by atoms with Crippen LogP contribution in [0.2, 0.25) is 0 Å². The second-order valence-electron chi connectivity index (χ2n) is 4.87. The molecule has 2 rings (SSSR count). The maximum atomic E-state index is 11.9. The zero-order chi connectivity index (χ0) is 15.9. The number of hydrogen-bond acceptors (Lipinski definition) is 6. The third-order valence-electron chi connectivity index (χ3n) is 3.37. The number of aliphatic hydroxyl groups is 1. The molecule has 1 aromatic rings. The second kappa shape index (κ2) is 8.24. The molecule has 0 saturated carbocycles. The molecule has 1 heterocycles. The van der Waals surface area contributed by atoms with Crippen LogP contribution < -0.4 is 0 Å². The number of esters is 1. The van der Waals surface area contributed by atoms with Crippen LogP contribution in [0.15, 0.2) is 30.3 Å². The van der Waals surface area contributed by atoms with Crippen molar-refractivity contribution in [3.05, 3.63) is 35.9 Å². The summed E-state index contributed by atoms with van der Waals surface area (Å²) in [4.78, 5) is 11.9. The van der Waals surface area contributed by atoms with Gasteiger partial charge in [0.25, 0.3) is 0 Å². The maximum Gasteiger partial charge on any atom is 0.338 e. The van der Waals surface area contributed by atoms with Gasteiger partial charge >= 0.3 is 5.97 Å². The van der Waals surface area contributed by atoms with Gasteiger partial charge in [-0.15, -0.1) is 0 Å². The van der Waals surface area contributed by atoms with Gasteiger partial charge in [0.2, 0.25) is 0 Å². The summed E-state index contributed by atoms with van der Waals surface area (Å²) >= 11 is 0. The first-order chi connectivity index (χ1) is 10.7. The van der Waals surface area contributed by atoms with E-state index in [-0.39, 0.29) is 6.61 Å². The van der Waals surface area contributed by atoms with E-state index in [2.05, 4.69) is 0 Å². The Hall–Kier alpha value is -1.47. The average molecular weight is 310 g/mol. The number of hydrogen-bond donors (Lipinski definition) is 1. The largest absolute Gasteiger partial charge is 0.459 e. The highest BCUT2D eigenvalue weighted by Crippen LogP contribution is 2.25. The lowest BCUT2D eigenvalue weighted by Gasteiger charge is -2.19. The van der Waals surface area contributed by atoms with Crippen LogP contribution in [0.1, 0.15) is 24.2 Å². The Morgan fingerprint density at radius 1 is 1.18 bits per heavy atom. The van der Waals surface area contributed by atoms with Crippen LogP contribution in [0.5, 0.6) is 0 Å². The molecule has 1 aliphatic rings. The molecule has 1 saturated heterocycles. The van der Waals surface area contributed by atoms with Crippen molar-refractivity contribution in [3.8, 4) is 0 Å². The highest BCUT2D eigenvalue weighted by molar-refractivity contribution is 5.89. The molecule has 0 bridgehead atoms. The Morgan fingerprint density at radius 2 is 1.86 bits per heavy atom. The smallest absolute Gasteiger partial charge is 0.338 e. The van der Waals surface area contributed by atoms with Crippen molar-refractivity contribution in [3.63, 3.8) is 0 Å². The third kappa shape index (κ3) is 4.04. The van der Waals surface area contributed by atoms with Crippen LogP contribution in [0, 0.1) is 0 Å². The topological polar surface area (TPSA) is 74.2 Å². The van der Waals surface area contributed by atoms with E-state index in [9.17, 15) is 9.90 Å². The van der Waals surface area contributed by atoms with E-state index < -0.39 is 30.6 Å². The molecule has 6 heteroatoms. The van der Waals surface area contributed by atoms with E-state index in [4.69, 9.17) is 18.9 Å². The molecule has 6 nitrogen and oxygen atoms in total. The number of benzene rings is 1. The summed E-state index contributed by atoms with van der Waals surface area (Å²) in [7, 11) is 0. The minimum Gasteiger partial charge on any atom is -0.459 e. The molecule has 1 aliphatic heterocycles. The van der Waals surface area contributed by atoms with Crippen molar-refractivity contribution in [2.24, 2.45) is 0 Å². The Balaban J connectivity index is 1.91. The Labute approximate surface area is 129 Å². The van der Waals surface area contributed by atoms with Gasteiger partial charge in [-0.3, -0.25) is 0 Å². The second-order valence-corrected chi connectivity index (χ2v) is 4.87. The fourth-order valence-corrected chi connectivity index (χ4v) is 2.32. The molecular formula is C16H22O6. The molecular weight excluding hydrogens is 288 g/mol. The van der Waals surface area contributed by atoms with E-state index >= 15 is 0 Å². The molecule has 0 spiro atoms. The van der Waals surface area contributed by atoms with Crippen LogP contribution in [0.25, 0.3) is 0 Å². The van der Waals surface area contributed by atoms with Gasteiger partial charge in [-0.2, -0.15) is 0 Å². The predicted octanol–water partition coefficient (Wildman–Crippen LogP) is 1.37. The number of rotatable bonds is 7. The van der Waals surface area contributed by atoms with Crippen LogP contribution in [0.4, 0.5) is 0 Å². The van der Waals surface area contributed by atoms with Gasteiger partial charge in [-0.1, -0.05) is 18.2 Å². The average Bonchev–Trinajstić information content (AvgIpc) is 2.83. The summed E-state index contributed by atoms with van der Waals surface area (Å²) in [5.41, 5.74) is 0.456. The summed E-state index contributed by atoms with van der Waals surface area (Å²) in [5.74, 6) is -0.454.